The third-order valence-electron chi connectivity index (χ3n) is 2.75. The van der Waals surface area contributed by atoms with Crippen LogP contribution in [0, 0.1) is 0 Å². The summed E-state index contributed by atoms with van der Waals surface area (Å²) in [5, 5.41) is 10.2. The van der Waals surface area contributed by atoms with E-state index in [4.69, 9.17) is 11.6 Å². The summed E-state index contributed by atoms with van der Waals surface area (Å²) >= 11 is 6.22. The fraction of sp³-hybridized carbons (Fsp3) is 0.538. The van der Waals surface area contributed by atoms with Gasteiger partial charge >= 0.3 is 0 Å². The number of hydrogen-bond donors (Lipinski definition) is 1. The summed E-state index contributed by atoms with van der Waals surface area (Å²) in [7, 11) is 6.12. The predicted octanol–water partition coefficient (Wildman–Crippen LogP) is 2.39. The molecule has 1 N–H and O–H groups in total. The van der Waals surface area contributed by atoms with Gasteiger partial charge in [-0.25, -0.2) is 0 Å². The average Bonchev–Trinajstić information content (AvgIpc) is 2.25. The molecule has 3 nitrogen and oxygen atoms in total. The Morgan fingerprint density at radius 2 is 1.88 bits per heavy atom. The average molecular weight is 257 g/mol. The molecule has 4 heteroatoms. The van der Waals surface area contributed by atoms with E-state index in [1.165, 1.54) is 0 Å². The lowest BCUT2D eigenvalue weighted by atomic mass is 10.1. The molecule has 0 radical (unpaired) electrons. The van der Waals surface area contributed by atoms with Crippen LogP contribution in [0.4, 0.5) is 5.69 Å². The van der Waals surface area contributed by atoms with E-state index in [0.717, 1.165) is 24.3 Å². The molecule has 0 unspecified atom stereocenters. The summed E-state index contributed by atoms with van der Waals surface area (Å²) in [4.78, 5) is 4.25. The third-order valence-corrected chi connectivity index (χ3v) is 3.05. The number of aliphatic hydroxyl groups is 1. The smallest absolute Gasteiger partial charge is 0.0762 e. The summed E-state index contributed by atoms with van der Waals surface area (Å²) < 4.78 is 0. The highest BCUT2D eigenvalue weighted by atomic mass is 35.5. The monoisotopic (exact) mass is 256 g/mol. The van der Waals surface area contributed by atoms with Crippen molar-refractivity contribution in [2.24, 2.45) is 0 Å². The largest absolute Gasteiger partial charge is 0.389 e. The summed E-state index contributed by atoms with van der Waals surface area (Å²) in [6.07, 6.45) is -0.478. The number of halogens is 1. The van der Waals surface area contributed by atoms with Crippen LogP contribution in [0.3, 0.4) is 0 Å². The van der Waals surface area contributed by atoms with Gasteiger partial charge in [-0.3, -0.25) is 0 Å². The summed E-state index contributed by atoms with van der Waals surface area (Å²) in [6.45, 7) is 3.63. The fourth-order valence-corrected chi connectivity index (χ4v) is 1.90. The zero-order chi connectivity index (χ0) is 13.0. The molecule has 1 rings (SSSR count). The zero-order valence-electron chi connectivity index (χ0n) is 10.9. The Balaban J connectivity index is 2.77. The van der Waals surface area contributed by atoms with Crippen LogP contribution in [0.5, 0.6) is 0 Å². The summed E-state index contributed by atoms with van der Waals surface area (Å²) in [5.74, 6) is 0. The van der Waals surface area contributed by atoms with Gasteiger partial charge in [0.15, 0.2) is 0 Å². The summed E-state index contributed by atoms with van der Waals surface area (Å²) in [6, 6.07) is 5.70. The number of benzene rings is 1. The molecule has 0 bridgehead atoms. The van der Waals surface area contributed by atoms with Crippen LogP contribution < -0.4 is 4.90 Å². The third kappa shape index (κ3) is 4.19. The van der Waals surface area contributed by atoms with Gasteiger partial charge in [0.05, 0.1) is 16.8 Å². The Hall–Kier alpha value is -0.770. The van der Waals surface area contributed by atoms with Gasteiger partial charge in [-0.05, 0) is 38.7 Å². The molecule has 1 atom stereocenters. The van der Waals surface area contributed by atoms with Crippen LogP contribution in [0.1, 0.15) is 18.6 Å². The Morgan fingerprint density at radius 1 is 1.24 bits per heavy atom. The van der Waals surface area contributed by atoms with E-state index < -0.39 is 6.10 Å². The molecule has 0 aliphatic heterocycles. The molecule has 0 aliphatic rings. The Kier molecular flexibility index (Phi) is 5.25. The molecule has 17 heavy (non-hydrogen) atoms. The molecule has 96 valence electrons. The van der Waals surface area contributed by atoms with Crippen LogP contribution in [0.15, 0.2) is 18.2 Å². The first kappa shape index (κ1) is 14.3. The first-order valence-electron chi connectivity index (χ1n) is 5.75. The Bertz CT molecular complexity index is 366. The van der Waals surface area contributed by atoms with Crippen LogP contribution in [-0.2, 0) is 0 Å². The highest BCUT2D eigenvalue weighted by molar-refractivity contribution is 6.33. The highest BCUT2D eigenvalue weighted by Crippen LogP contribution is 2.28. The number of rotatable bonds is 5. The van der Waals surface area contributed by atoms with Crippen molar-refractivity contribution in [1.82, 2.24) is 4.90 Å². The van der Waals surface area contributed by atoms with Gasteiger partial charge in [-0.1, -0.05) is 17.7 Å². The second-order valence-corrected chi connectivity index (χ2v) is 5.02. The lowest BCUT2D eigenvalue weighted by Crippen LogP contribution is -2.28. The van der Waals surface area contributed by atoms with Crippen molar-refractivity contribution in [3.63, 3.8) is 0 Å². The van der Waals surface area contributed by atoms with Gasteiger partial charge in [-0.15, -0.1) is 0 Å². The van der Waals surface area contributed by atoms with Crippen molar-refractivity contribution in [2.75, 3.05) is 39.1 Å². The lowest BCUT2D eigenvalue weighted by Gasteiger charge is -2.23. The van der Waals surface area contributed by atoms with Crippen LogP contribution in [0.25, 0.3) is 0 Å². The van der Waals surface area contributed by atoms with Crippen molar-refractivity contribution < 1.29 is 5.11 Å². The minimum atomic E-state index is -0.478. The van der Waals surface area contributed by atoms with Crippen molar-refractivity contribution in [3.8, 4) is 0 Å². The number of hydrogen-bond acceptors (Lipinski definition) is 3. The number of anilines is 1. The van der Waals surface area contributed by atoms with Crippen LogP contribution in [0.2, 0.25) is 5.02 Å². The molecule has 0 aliphatic carbocycles. The first-order valence-corrected chi connectivity index (χ1v) is 6.13. The fourth-order valence-electron chi connectivity index (χ4n) is 1.56. The zero-order valence-corrected chi connectivity index (χ0v) is 11.7. The van der Waals surface area contributed by atoms with Gasteiger partial charge in [0.25, 0.3) is 0 Å². The van der Waals surface area contributed by atoms with Crippen LogP contribution in [-0.4, -0.2) is 44.2 Å². The van der Waals surface area contributed by atoms with E-state index in [-0.39, 0.29) is 0 Å². The van der Waals surface area contributed by atoms with E-state index in [0.29, 0.717) is 5.02 Å². The maximum Gasteiger partial charge on any atom is 0.0762 e. The molecule has 0 aromatic heterocycles. The van der Waals surface area contributed by atoms with Gasteiger partial charge in [-0.2, -0.15) is 0 Å². The quantitative estimate of drug-likeness (QED) is 0.876. The van der Waals surface area contributed by atoms with E-state index in [1.807, 2.05) is 39.3 Å². The minimum absolute atomic E-state index is 0.478. The molecule has 0 heterocycles. The van der Waals surface area contributed by atoms with Crippen molar-refractivity contribution in [3.05, 3.63) is 28.8 Å². The normalized spacial score (nSPS) is 12.9. The second-order valence-electron chi connectivity index (χ2n) is 4.61. The molecule has 0 spiro atoms. The maximum atomic E-state index is 9.47. The Morgan fingerprint density at radius 3 is 2.35 bits per heavy atom. The van der Waals surface area contributed by atoms with E-state index in [1.54, 1.807) is 6.92 Å². The van der Waals surface area contributed by atoms with Crippen LogP contribution >= 0.6 is 11.6 Å². The lowest BCUT2D eigenvalue weighted by molar-refractivity contribution is 0.199. The topological polar surface area (TPSA) is 26.7 Å². The van der Waals surface area contributed by atoms with Gasteiger partial charge < -0.3 is 14.9 Å². The van der Waals surface area contributed by atoms with Gasteiger partial charge in [0.1, 0.15) is 0 Å². The Labute approximate surface area is 109 Å². The molecule has 0 saturated heterocycles. The van der Waals surface area contributed by atoms with Gasteiger partial charge in [0.2, 0.25) is 0 Å². The number of nitrogens with zero attached hydrogens (tertiary/aromatic N) is 2. The van der Waals surface area contributed by atoms with Crippen molar-refractivity contribution >= 4 is 17.3 Å². The van der Waals surface area contributed by atoms with Crippen molar-refractivity contribution in [2.45, 2.75) is 13.0 Å². The SMILES string of the molecule is C[C@H](O)c1ccc(N(C)CCN(C)C)c(Cl)c1. The minimum Gasteiger partial charge on any atom is -0.389 e. The number of likely N-dealkylation sites (N-methyl/N-ethyl adjacent to an activating group) is 2. The van der Waals surface area contributed by atoms with Crippen molar-refractivity contribution in [1.29, 1.82) is 0 Å². The molecular weight excluding hydrogens is 236 g/mol. The number of aliphatic hydroxyl groups excluding tert-OH is 1. The molecular formula is C13H21ClN2O. The molecule has 1 aromatic rings. The maximum absolute atomic E-state index is 9.47. The predicted molar refractivity (Wildman–Crippen MR) is 73.9 cm³/mol. The molecule has 0 amide bonds. The highest BCUT2D eigenvalue weighted by Gasteiger charge is 2.09. The van der Waals surface area contributed by atoms with E-state index in [9.17, 15) is 5.11 Å². The standard InChI is InChI=1S/C13H21ClN2O/c1-10(17)11-5-6-13(12(14)9-11)16(4)8-7-15(2)3/h5-6,9-10,17H,7-8H2,1-4H3/t10-/m0/s1. The molecule has 0 saturated carbocycles. The molecule has 1 aromatic carbocycles. The van der Waals surface area contributed by atoms with E-state index in [2.05, 4.69) is 9.80 Å². The van der Waals surface area contributed by atoms with Gasteiger partial charge in [0, 0.05) is 20.1 Å². The summed E-state index contributed by atoms with van der Waals surface area (Å²) in [5.41, 5.74) is 1.85. The van der Waals surface area contributed by atoms with E-state index >= 15 is 0 Å². The first-order chi connectivity index (χ1) is 7.91. The molecule has 0 fully saturated rings. The second kappa shape index (κ2) is 6.24.